The third kappa shape index (κ3) is 5.18. The van der Waals surface area contributed by atoms with E-state index in [2.05, 4.69) is 12.2 Å². The van der Waals surface area contributed by atoms with Crippen LogP contribution in [0.3, 0.4) is 0 Å². The fourth-order valence-corrected chi connectivity index (χ4v) is 1.56. The predicted octanol–water partition coefficient (Wildman–Crippen LogP) is 1.82. The van der Waals surface area contributed by atoms with Gasteiger partial charge in [-0.2, -0.15) is 0 Å². The highest BCUT2D eigenvalue weighted by molar-refractivity contribution is 5.95. The molecule has 1 aromatic carbocycles. The van der Waals surface area contributed by atoms with Crippen LogP contribution in [0.2, 0.25) is 0 Å². The minimum atomic E-state index is -0.159. The first-order valence-corrected chi connectivity index (χ1v) is 6.48. The smallest absolute Gasteiger partial charge is 0.251 e. The fourth-order valence-electron chi connectivity index (χ4n) is 1.56. The molecule has 0 saturated heterocycles. The largest absolute Gasteiger partial charge is 0.495 e. The van der Waals surface area contributed by atoms with E-state index in [0.29, 0.717) is 30.2 Å². The number of rotatable bonds is 8. The van der Waals surface area contributed by atoms with Gasteiger partial charge in [-0.1, -0.05) is 13.3 Å². The van der Waals surface area contributed by atoms with Gasteiger partial charge in [-0.15, -0.1) is 0 Å². The Labute approximate surface area is 114 Å². The molecular weight excluding hydrogens is 244 g/mol. The van der Waals surface area contributed by atoms with Crippen LogP contribution in [0.5, 0.6) is 5.75 Å². The lowest BCUT2D eigenvalue weighted by Gasteiger charge is -2.08. The summed E-state index contributed by atoms with van der Waals surface area (Å²) in [5.74, 6) is 0.410. The Balaban J connectivity index is 2.35. The van der Waals surface area contributed by atoms with E-state index in [1.54, 1.807) is 25.3 Å². The summed E-state index contributed by atoms with van der Waals surface area (Å²) in [6.07, 6.45) is 2.15. The molecule has 0 heterocycles. The molecule has 1 amide bonds. The highest BCUT2D eigenvalue weighted by Gasteiger charge is 2.07. The quantitative estimate of drug-likeness (QED) is 0.556. The molecule has 0 fully saturated rings. The zero-order valence-corrected chi connectivity index (χ0v) is 11.6. The summed E-state index contributed by atoms with van der Waals surface area (Å²) < 4.78 is 10.4. The third-order valence-electron chi connectivity index (χ3n) is 2.67. The van der Waals surface area contributed by atoms with Crippen molar-refractivity contribution >= 4 is 11.6 Å². The Morgan fingerprint density at radius 3 is 2.79 bits per heavy atom. The number of unbranched alkanes of at least 4 members (excludes halogenated alkanes) is 1. The molecule has 0 aliphatic heterocycles. The van der Waals surface area contributed by atoms with Crippen LogP contribution in [0.15, 0.2) is 18.2 Å². The first-order valence-electron chi connectivity index (χ1n) is 6.48. The summed E-state index contributed by atoms with van der Waals surface area (Å²) >= 11 is 0. The summed E-state index contributed by atoms with van der Waals surface area (Å²) in [6, 6.07) is 4.97. The lowest BCUT2D eigenvalue weighted by molar-refractivity contribution is 0.0913. The summed E-state index contributed by atoms with van der Waals surface area (Å²) in [6.45, 7) is 3.87. The number of amides is 1. The number of ether oxygens (including phenoxy) is 2. The van der Waals surface area contributed by atoms with Crippen LogP contribution in [0.25, 0.3) is 0 Å². The summed E-state index contributed by atoms with van der Waals surface area (Å²) in [5.41, 5.74) is 6.72. The molecule has 1 aromatic rings. The normalized spacial score (nSPS) is 10.2. The number of hydrogen-bond acceptors (Lipinski definition) is 4. The highest BCUT2D eigenvalue weighted by atomic mass is 16.5. The monoisotopic (exact) mass is 266 g/mol. The number of nitrogens with one attached hydrogen (secondary N) is 1. The van der Waals surface area contributed by atoms with Gasteiger partial charge in [0.2, 0.25) is 0 Å². The maximum Gasteiger partial charge on any atom is 0.251 e. The van der Waals surface area contributed by atoms with E-state index in [-0.39, 0.29) is 5.91 Å². The lowest BCUT2D eigenvalue weighted by atomic mass is 10.2. The van der Waals surface area contributed by atoms with Crippen molar-refractivity contribution in [2.24, 2.45) is 0 Å². The molecule has 0 atom stereocenters. The molecule has 0 saturated carbocycles. The summed E-state index contributed by atoms with van der Waals surface area (Å²) in [5, 5.41) is 2.78. The van der Waals surface area contributed by atoms with Crippen LogP contribution in [-0.4, -0.2) is 32.8 Å². The second kappa shape index (κ2) is 8.37. The van der Waals surface area contributed by atoms with Crippen LogP contribution >= 0.6 is 0 Å². The van der Waals surface area contributed by atoms with Crippen molar-refractivity contribution in [2.75, 3.05) is 32.6 Å². The van der Waals surface area contributed by atoms with E-state index in [9.17, 15) is 4.79 Å². The third-order valence-corrected chi connectivity index (χ3v) is 2.67. The van der Waals surface area contributed by atoms with Crippen LogP contribution < -0.4 is 15.8 Å². The molecule has 3 N–H and O–H groups in total. The van der Waals surface area contributed by atoms with Gasteiger partial charge >= 0.3 is 0 Å². The average molecular weight is 266 g/mol. The van der Waals surface area contributed by atoms with Crippen molar-refractivity contribution in [3.05, 3.63) is 23.8 Å². The van der Waals surface area contributed by atoms with E-state index in [0.717, 1.165) is 19.4 Å². The van der Waals surface area contributed by atoms with Crippen molar-refractivity contribution in [2.45, 2.75) is 19.8 Å². The lowest BCUT2D eigenvalue weighted by Crippen LogP contribution is -2.27. The predicted molar refractivity (Wildman–Crippen MR) is 75.5 cm³/mol. The van der Waals surface area contributed by atoms with E-state index in [1.807, 2.05) is 0 Å². The molecule has 0 unspecified atom stereocenters. The van der Waals surface area contributed by atoms with Crippen molar-refractivity contribution in [3.8, 4) is 5.75 Å². The Kier molecular flexibility index (Phi) is 6.74. The minimum absolute atomic E-state index is 0.159. The molecule has 0 aliphatic rings. The van der Waals surface area contributed by atoms with Crippen molar-refractivity contribution in [1.82, 2.24) is 5.32 Å². The molecule has 0 bridgehead atoms. The van der Waals surface area contributed by atoms with Gasteiger partial charge in [-0.3, -0.25) is 4.79 Å². The number of methoxy groups -OCH3 is 1. The number of nitrogens with two attached hydrogens (primary N) is 1. The number of carbonyl (C=O) groups excluding carboxylic acids is 1. The zero-order valence-electron chi connectivity index (χ0n) is 11.6. The van der Waals surface area contributed by atoms with Gasteiger partial charge < -0.3 is 20.5 Å². The number of hydrogen-bond donors (Lipinski definition) is 2. The van der Waals surface area contributed by atoms with Gasteiger partial charge in [0.05, 0.1) is 19.4 Å². The Hall–Kier alpha value is -1.75. The van der Waals surface area contributed by atoms with Gasteiger partial charge in [0.15, 0.2) is 0 Å². The average Bonchev–Trinajstić information content (AvgIpc) is 2.42. The van der Waals surface area contributed by atoms with Crippen molar-refractivity contribution < 1.29 is 14.3 Å². The van der Waals surface area contributed by atoms with Crippen molar-refractivity contribution in [3.63, 3.8) is 0 Å². The Bertz CT molecular complexity index is 408. The molecule has 0 radical (unpaired) electrons. The number of benzene rings is 1. The van der Waals surface area contributed by atoms with Gasteiger partial charge in [-0.05, 0) is 24.6 Å². The molecule has 5 heteroatoms. The topological polar surface area (TPSA) is 73.6 Å². The minimum Gasteiger partial charge on any atom is -0.495 e. The van der Waals surface area contributed by atoms with Crippen molar-refractivity contribution in [1.29, 1.82) is 0 Å². The van der Waals surface area contributed by atoms with Crippen LogP contribution in [0.4, 0.5) is 5.69 Å². The molecule has 19 heavy (non-hydrogen) atoms. The summed E-state index contributed by atoms with van der Waals surface area (Å²) in [4.78, 5) is 11.8. The maximum atomic E-state index is 11.8. The highest BCUT2D eigenvalue weighted by Crippen LogP contribution is 2.21. The number of anilines is 1. The SMILES string of the molecule is CCCCOCCNC(=O)c1ccc(OC)c(N)c1. The van der Waals surface area contributed by atoms with E-state index < -0.39 is 0 Å². The summed E-state index contributed by atoms with van der Waals surface area (Å²) in [7, 11) is 1.54. The second-order valence-electron chi connectivity index (χ2n) is 4.18. The first-order chi connectivity index (χ1) is 9.19. The first kappa shape index (κ1) is 15.3. The number of carbonyl (C=O) groups is 1. The Morgan fingerprint density at radius 1 is 1.37 bits per heavy atom. The fraction of sp³-hybridized carbons (Fsp3) is 0.500. The zero-order chi connectivity index (χ0) is 14.1. The molecular formula is C14H22N2O3. The molecule has 5 nitrogen and oxygen atoms in total. The van der Waals surface area contributed by atoms with E-state index >= 15 is 0 Å². The van der Waals surface area contributed by atoms with E-state index in [1.165, 1.54) is 0 Å². The second-order valence-corrected chi connectivity index (χ2v) is 4.18. The molecule has 0 aromatic heterocycles. The van der Waals surface area contributed by atoms with Crippen LogP contribution in [0.1, 0.15) is 30.1 Å². The Morgan fingerprint density at radius 2 is 2.16 bits per heavy atom. The standard InChI is InChI=1S/C14H22N2O3/c1-3-4-8-19-9-7-16-14(17)11-5-6-13(18-2)12(15)10-11/h5-6,10H,3-4,7-9,15H2,1-2H3,(H,16,17). The van der Waals surface area contributed by atoms with Crippen LogP contribution in [-0.2, 0) is 4.74 Å². The van der Waals surface area contributed by atoms with Gasteiger partial charge in [0, 0.05) is 18.7 Å². The van der Waals surface area contributed by atoms with Gasteiger partial charge in [-0.25, -0.2) is 0 Å². The molecule has 106 valence electrons. The van der Waals surface area contributed by atoms with Gasteiger partial charge in [0.1, 0.15) is 5.75 Å². The van der Waals surface area contributed by atoms with Gasteiger partial charge in [0.25, 0.3) is 5.91 Å². The molecule has 0 spiro atoms. The van der Waals surface area contributed by atoms with Crippen LogP contribution in [0, 0.1) is 0 Å². The molecule has 1 rings (SSSR count). The number of nitrogen functional groups attached to an aromatic ring is 1. The maximum absolute atomic E-state index is 11.8. The van der Waals surface area contributed by atoms with E-state index in [4.69, 9.17) is 15.2 Å². The molecule has 0 aliphatic carbocycles.